The van der Waals surface area contributed by atoms with Gasteiger partial charge in [-0.1, -0.05) is 34.6 Å². The van der Waals surface area contributed by atoms with Gasteiger partial charge in [0.15, 0.2) is 5.41 Å². The molecule has 0 aliphatic rings. The minimum atomic E-state index is -1.56. The Hall–Kier alpha value is -1.24. The molecule has 0 aliphatic carbocycles. The van der Waals surface area contributed by atoms with E-state index in [-0.39, 0.29) is 29.6 Å². The highest BCUT2D eigenvalue weighted by Gasteiger charge is 2.46. The lowest BCUT2D eigenvalue weighted by Crippen LogP contribution is -2.43. The second-order valence-electron chi connectivity index (χ2n) is 6.80. The van der Waals surface area contributed by atoms with E-state index in [2.05, 4.69) is 4.74 Å². The number of thioether (sulfide) groups is 1. The summed E-state index contributed by atoms with van der Waals surface area (Å²) >= 11 is 1.41. The predicted molar refractivity (Wildman–Crippen MR) is 89.2 cm³/mol. The van der Waals surface area contributed by atoms with Crippen molar-refractivity contribution in [3.8, 4) is 0 Å². The molecule has 0 heterocycles. The lowest BCUT2D eigenvalue weighted by molar-refractivity contribution is -0.166. The number of esters is 2. The summed E-state index contributed by atoms with van der Waals surface area (Å²) in [5, 5.41) is 0. The van der Waals surface area contributed by atoms with Crippen LogP contribution in [0.2, 0.25) is 0 Å². The lowest BCUT2D eigenvalue weighted by Gasteiger charge is -2.27. The van der Waals surface area contributed by atoms with Gasteiger partial charge in [0.1, 0.15) is 0 Å². The third kappa shape index (κ3) is 8.25. The van der Waals surface area contributed by atoms with Crippen LogP contribution < -0.4 is 0 Å². The molecule has 0 N–H and O–H groups in total. The van der Waals surface area contributed by atoms with Crippen LogP contribution in [0.5, 0.6) is 0 Å². The van der Waals surface area contributed by atoms with Crippen LogP contribution in [0.3, 0.4) is 0 Å². The van der Waals surface area contributed by atoms with Gasteiger partial charge in [0.2, 0.25) is 0 Å². The summed E-state index contributed by atoms with van der Waals surface area (Å²) in [6.45, 7) is 13.0. The van der Waals surface area contributed by atoms with Gasteiger partial charge in [0, 0.05) is 10.5 Å². The van der Waals surface area contributed by atoms with Crippen molar-refractivity contribution in [3.05, 3.63) is 0 Å². The van der Waals surface area contributed by atoms with Crippen molar-refractivity contribution in [2.75, 3.05) is 19.0 Å². The second-order valence-corrected chi connectivity index (χ2v) is 8.60. The average Bonchev–Trinajstić information content (AvgIpc) is 2.41. The maximum Gasteiger partial charge on any atom is 0.516 e. The predicted octanol–water partition coefficient (Wildman–Crippen LogP) is 3.42. The van der Waals surface area contributed by atoms with Crippen LogP contribution >= 0.6 is 11.8 Å². The maximum absolute atomic E-state index is 12.3. The molecule has 0 aromatic rings. The number of hydrogen-bond acceptors (Lipinski definition) is 7. The van der Waals surface area contributed by atoms with Crippen LogP contribution in [0.4, 0.5) is 4.79 Å². The number of hydrogen-bond donors (Lipinski definition) is 0. The third-order valence-corrected chi connectivity index (χ3v) is 4.27. The fourth-order valence-corrected chi connectivity index (χ4v) is 2.26. The Balaban J connectivity index is 5.00. The zero-order valence-corrected chi connectivity index (χ0v) is 15.9. The van der Waals surface area contributed by atoms with Crippen LogP contribution in [-0.4, -0.2) is 41.8 Å². The van der Waals surface area contributed by atoms with Gasteiger partial charge in [-0.3, -0.25) is 9.59 Å². The van der Waals surface area contributed by atoms with Gasteiger partial charge < -0.3 is 14.2 Å². The molecule has 0 unspecified atom stereocenters. The van der Waals surface area contributed by atoms with Gasteiger partial charge in [-0.25, -0.2) is 4.79 Å². The topological polar surface area (TPSA) is 78.9 Å². The first-order valence-electron chi connectivity index (χ1n) is 7.62. The minimum absolute atomic E-state index is 0.116. The molecule has 0 fully saturated rings. The minimum Gasteiger partial charge on any atom is -0.465 e. The van der Waals surface area contributed by atoms with Gasteiger partial charge in [0.25, 0.3) is 0 Å². The van der Waals surface area contributed by atoms with E-state index in [4.69, 9.17) is 9.47 Å². The standard InChI is InChI=1S/C16H28O6S/c1-8-20-12(17)16(7,10-23-15(4,5)6)13(18)22-14(19)21-9-11(2)3/h11H,8-10H2,1-7H3/t16-/m1/s1. The summed E-state index contributed by atoms with van der Waals surface area (Å²) in [6, 6.07) is 0. The Bertz CT molecular complexity index is 427. The van der Waals surface area contributed by atoms with Gasteiger partial charge in [-0.2, -0.15) is 11.8 Å². The van der Waals surface area contributed by atoms with Crippen molar-refractivity contribution in [2.45, 2.75) is 53.2 Å². The van der Waals surface area contributed by atoms with E-state index in [1.54, 1.807) is 6.92 Å². The Morgan fingerprint density at radius 2 is 1.57 bits per heavy atom. The normalized spacial score (nSPS) is 14.1. The molecule has 1 atom stereocenters. The fraction of sp³-hybridized carbons (Fsp3) is 0.812. The van der Waals surface area contributed by atoms with Crippen LogP contribution in [0.25, 0.3) is 0 Å². The number of rotatable bonds is 7. The molecule has 23 heavy (non-hydrogen) atoms. The third-order valence-electron chi connectivity index (χ3n) is 2.68. The quantitative estimate of drug-likeness (QED) is 0.515. The van der Waals surface area contributed by atoms with Crippen LogP contribution in [0.1, 0.15) is 48.5 Å². The van der Waals surface area contributed by atoms with Crippen molar-refractivity contribution in [1.29, 1.82) is 0 Å². The number of carbonyl (C=O) groups excluding carboxylic acids is 3. The average molecular weight is 348 g/mol. The van der Waals surface area contributed by atoms with Crippen LogP contribution in [0, 0.1) is 11.3 Å². The van der Waals surface area contributed by atoms with E-state index in [9.17, 15) is 14.4 Å². The zero-order chi connectivity index (χ0) is 18.3. The molecule has 0 amide bonds. The molecule has 0 saturated heterocycles. The van der Waals surface area contributed by atoms with E-state index in [0.717, 1.165) is 0 Å². The smallest absolute Gasteiger partial charge is 0.465 e. The fourth-order valence-electron chi connectivity index (χ4n) is 1.30. The number of carbonyl (C=O) groups is 3. The lowest BCUT2D eigenvalue weighted by atomic mass is 9.93. The zero-order valence-electron chi connectivity index (χ0n) is 15.1. The van der Waals surface area contributed by atoms with E-state index < -0.39 is 23.5 Å². The van der Waals surface area contributed by atoms with Gasteiger partial charge >= 0.3 is 18.1 Å². The molecule has 0 bridgehead atoms. The molecule has 0 aromatic carbocycles. The summed E-state index contributed by atoms with van der Waals surface area (Å²) in [7, 11) is 0. The van der Waals surface area contributed by atoms with Crippen molar-refractivity contribution in [1.82, 2.24) is 0 Å². The first kappa shape index (κ1) is 21.8. The number of ether oxygens (including phenoxy) is 3. The van der Waals surface area contributed by atoms with Crippen molar-refractivity contribution in [2.24, 2.45) is 11.3 Å². The van der Waals surface area contributed by atoms with Gasteiger partial charge in [0.05, 0.1) is 13.2 Å². The Morgan fingerprint density at radius 3 is 2.00 bits per heavy atom. The monoisotopic (exact) mass is 348 g/mol. The second kappa shape index (κ2) is 9.15. The largest absolute Gasteiger partial charge is 0.516 e. The van der Waals surface area contributed by atoms with E-state index in [1.165, 1.54) is 18.7 Å². The molecule has 0 radical (unpaired) electrons. The highest BCUT2D eigenvalue weighted by Crippen LogP contribution is 2.33. The molecule has 0 spiro atoms. The molecule has 0 aromatic heterocycles. The molecule has 0 rings (SSSR count). The molecular formula is C16H28O6S. The summed E-state index contributed by atoms with van der Waals surface area (Å²) < 4.78 is 14.3. The van der Waals surface area contributed by atoms with Crippen LogP contribution in [-0.2, 0) is 23.8 Å². The highest BCUT2D eigenvalue weighted by molar-refractivity contribution is 8.00. The van der Waals surface area contributed by atoms with E-state index >= 15 is 0 Å². The van der Waals surface area contributed by atoms with Gasteiger partial charge in [-0.05, 0) is 19.8 Å². The van der Waals surface area contributed by atoms with Crippen molar-refractivity contribution < 1.29 is 28.6 Å². The molecule has 0 saturated carbocycles. The first-order valence-corrected chi connectivity index (χ1v) is 8.61. The Kier molecular flexibility index (Phi) is 8.66. The molecule has 6 nitrogen and oxygen atoms in total. The SMILES string of the molecule is CCOC(=O)[C@@](C)(CSC(C)(C)C)C(=O)OC(=O)OCC(C)C. The summed E-state index contributed by atoms with van der Waals surface area (Å²) in [5.74, 6) is -1.41. The van der Waals surface area contributed by atoms with Crippen molar-refractivity contribution in [3.63, 3.8) is 0 Å². The summed E-state index contributed by atoms with van der Waals surface area (Å²) in [6.07, 6.45) is -1.10. The van der Waals surface area contributed by atoms with Gasteiger partial charge in [-0.15, -0.1) is 0 Å². The summed E-state index contributed by atoms with van der Waals surface area (Å²) in [4.78, 5) is 36.1. The molecule has 0 aliphatic heterocycles. The Morgan fingerprint density at radius 1 is 1.00 bits per heavy atom. The maximum atomic E-state index is 12.3. The first-order chi connectivity index (χ1) is 10.4. The molecular weight excluding hydrogens is 320 g/mol. The highest BCUT2D eigenvalue weighted by atomic mass is 32.2. The summed E-state index contributed by atoms with van der Waals surface area (Å²) in [5.41, 5.74) is -1.56. The molecule has 7 heteroatoms. The van der Waals surface area contributed by atoms with Crippen LogP contribution in [0.15, 0.2) is 0 Å². The van der Waals surface area contributed by atoms with E-state index in [0.29, 0.717) is 0 Å². The molecule has 134 valence electrons. The van der Waals surface area contributed by atoms with Crippen molar-refractivity contribution >= 4 is 29.9 Å². The van der Waals surface area contributed by atoms with E-state index in [1.807, 2.05) is 34.6 Å². The Labute approximate surface area is 142 Å².